The maximum Gasteiger partial charge on any atom is 0.225 e. The van der Waals surface area contributed by atoms with Crippen molar-refractivity contribution in [1.82, 2.24) is 19.5 Å². The topological polar surface area (TPSA) is 52.8 Å². The first kappa shape index (κ1) is 14.9. The lowest BCUT2D eigenvalue weighted by atomic mass is 10.1. The summed E-state index contributed by atoms with van der Waals surface area (Å²) in [5.74, 6) is 0. The second-order valence-corrected chi connectivity index (χ2v) is 6.27. The van der Waals surface area contributed by atoms with Crippen LogP contribution in [-0.2, 0) is 4.74 Å². The fraction of sp³-hybridized carbons (Fsp3) is 0.312. The summed E-state index contributed by atoms with van der Waals surface area (Å²) in [6.45, 7) is 0.757. The lowest BCUT2D eigenvalue weighted by molar-refractivity contribution is -0.0298. The van der Waals surface area contributed by atoms with Gasteiger partial charge in [-0.15, -0.1) is 0 Å². The minimum absolute atomic E-state index is 0.0437. The van der Waals surface area contributed by atoms with Gasteiger partial charge in [0.15, 0.2) is 5.65 Å². The van der Waals surface area contributed by atoms with Crippen LogP contribution < -0.4 is 0 Å². The third-order valence-corrected chi connectivity index (χ3v) is 4.40. The molecule has 5 nitrogen and oxygen atoms in total. The van der Waals surface area contributed by atoms with E-state index < -0.39 is 0 Å². The fourth-order valence-corrected chi connectivity index (χ4v) is 3.14. The summed E-state index contributed by atoms with van der Waals surface area (Å²) in [6, 6.07) is 7.44. The molecule has 0 aliphatic carbocycles. The average Bonchev–Trinajstić information content (AvgIpc) is 2.99. The van der Waals surface area contributed by atoms with Gasteiger partial charge in [-0.25, -0.2) is 9.97 Å². The minimum Gasteiger partial charge on any atom is -0.358 e. The molecule has 0 N–H and O–H groups in total. The Morgan fingerprint density at radius 1 is 1.09 bits per heavy atom. The molecule has 3 aromatic rings. The normalized spacial score (nSPS) is 18.4. The van der Waals surface area contributed by atoms with Crippen LogP contribution in [0.3, 0.4) is 0 Å². The van der Waals surface area contributed by atoms with Gasteiger partial charge in [0.05, 0.1) is 6.33 Å². The second-order valence-electron chi connectivity index (χ2n) is 5.49. The molecule has 1 atom stereocenters. The first-order valence-corrected chi connectivity index (χ1v) is 8.25. The maximum atomic E-state index is 6.14. The number of rotatable bonds is 2. The smallest absolute Gasteiger partial charge is 0.225 e. The first-order valence-electron chi connectivity index (χ1n) is 7.50. The van der Waals surface area contributed by atoms with Gasteiger partial charge in [-0.3, -0.25) is 4.57 Å². The third kappa shape index (κ3) is 2.80. The molecule has 0 saturated carbocycles. The van der Waals surface area contributed by atoms with Crippen molar-refractivity contribution in [2.75, 3.05) is 6.61 Å². The number of aromatic nitrogens is 4. The van der Waals surface area contributed by atoms with E-state index in [0.717, 1.165) is 31.4 Å². The Hall–Kier alpha value is -1.69. The van der Waals surface area contributed by atoms with Gasteiger partial charge in [0.1, 0.15) is 17.4 Å². The van der Waals surface area contributed by atoms with E-state index in [1.165, 1.54) is 0 Å². The van der Waals surface area contributed by atoms with Gasteiger partial charge in [-0.05, 0) is 43.0 Å². The van der Waals surface area contributed by atoms with Crippen molar-refractivity contribution in [2.45, 2.75) is 25.5 Å². The predicted octanol–water partition coefficient (Wildman–Crippen LogP) is 4.50. The molecule has 0 radical (unpaired) electrons. The van der Waals surface area contributed by atoms with E-state index in [2.05, 4.69) is 15.0 Å². The number of imidazole rings is 1. The highest BCUT2D eigenvalue weighted by Gasteiger charge is 2.21. The summed E-state index contributed by atoms with van der Waals surface area (Å²) in [6.07, 6.45) is 4.88. The first-order chi connectivity index (χ1) is 11.2. The summed E-state index contributed by atoms with van der Waals surface area (Å²) < 4.78 is 7.78. The highest BCUT2D eigenvalue weighted by atomic mass is 35.5. The summed E-state index contributed by atoms with van der Waals surface area (Å²) in [4.78, 5) is 13.2. The van der Waals surface area contributed by atoms with Crippen LogP contribution in [0.4, 0.5) is 0 Å². The molecule has 1 saturated heterocycles. The number of halogens is 2. The molecule has 0 amide bonds. The van der Waals surface area contributed by atoms with Gasteiger partial charge in [-0.2, -0.15) is 4.98 Å². The molecule has 1 aromatic carbocycles. The molecule has 23 heavy (non-hydrogen) atoms. The highest BCUT2D eigenvalue weighted by molar-refractivity contribution is 6.30. The van der Waals surface area contributed by atoms with Crippen molar-refractivity contribution >= 4 is 34.4 Å². The van der Waals surface area contributed by atoms with Gasteiger partial charge in [-0.1, -0.05) is 23.7 Å². The van der Waals surface area contributed by atoms with E-state index in [1.807, 2.05) is 28.8 Å². The van der Waals surface area contributed by atoms with E-state index in [0.29, 0.717) is 21.9 Å². The molecule has 0 bridgehead atoms. The summed E-state index contributed by atoms with van der Waals surface area (Å²) in [7, 11) is 0. The Bertz CT molecular complexity index is 841. The van der Waals surface area contributed by atoms with Gasteiger partial charge >= 0.3 is 0 Å². The van der Waals surface area contributed by atoms with E-state index >= 15 is 0 Å². The van der Waals surface area contributed by atoms with E-state index in [-0.39, 0.29) is 11.5 Å². The Morgan fingerprint density at radius 2 is 1.91 bits per heavy atom. The molecule has 4 rings (SSSR count). The molecule has 1 aliphatic rings. The quantitative estimate of drug-likeness (QED) is 0.639. The van der Waals surface area contributed by atoms with Crippen molar-refractivity contribution in [3.63, 3.8) is 0 Å². The Balaban J connectivity index is 1.86. The van der Waals surface area contributed by atoms with Crippen molar-refractivity contribution in [3.8, 4) is 11.3 Å². The van der Waals surface area contributed by atoms with Crippen molar-refractivity contribution in [1.29, 1.82) is 0 Å². The standard InChI is InChI=1S/C16H14Cl2N4O/c17-11-6-4-10(5-7-11)13-14-15(21-16(18)20-13)22(9-19-14)12-3-1-2-8-23-12/h4-7,9,12H,1-3,8H2. The molecule has 2 aromatic heterocycles. The maximum absolute atomic E-state index is 6.14. The van der Waals surface area contributed by atoms with Crippen LogP contribution in [0.1, 0.15) is 25.5 Å². The number of benzene rings is 1. The largest absolute Gasteiger partial charge is 0.358 e. The van der Waals surface area contributed by atoms with Crippen LogP contribution in [-0.4, -0.2) is 26.1 Å². The molecular formula is C16H14Cl2N4O. The molecule has 1 aliphatic heterocycles. The number of fused-ring (bicyclic) bond motifs is 1. The molecule has 1 unspecified atom stereocenters. The molecule has 118 valence electrons. The SMILES string of the molecule is Clc1ccc(-c2nc(Cl)nc3c2ncn3C2CCCCO2)cc1. The zero-order valence-corrected chi connectivity index (χ0v) is 13.8. The molecule has 0 spiro atoms. The van der Waals surface area contributed by atoms with Crippen LogP contribution in [0.5, 0.6) is 0 Å². The third-order valence-electron chi connectivity index (χ3n) is 3.98. The number of hydrogen-bond donors (Lipinski definition) is 0. The summed E-state index contributed by atoms with van der Waals surface area (Å²) in [5, 5.41) is 0.867. The van der Waals surface area contributed by atoms with Crippen LogP contribution in [0.25, 0.3) is 22.4 Å². The monoisotopic (exact) mass is 348 g/mol. The van der Waals surface area contributed by atoms with Gasteiger partial charge in [0, 0.05) is 17.2 Å². The number of nitrogens with zero attached hydrogens (tertiary/aromatic N) is 4. The van der Waals surface area contributed by atoms with Crippen molar-refractivity contribution < 1.29 is 4.74 Å². The van der Waals surface area contributed by atoms with E-state index in [9.17, 15) is 0 Å². The van der Waals surface area contributed by atoms with Gasteiger partial charge in [0.25, 0.3) is 0 Å². The predicted molar refractivity (Wildman–Crippen MR) is 89.6 cm³/mol. The van der Waals surface area contributed by atoms with E-state index in [1.54, 1.807) is 6.33 Å². The fourth-order valence-electron chi connectivity index (χ4n) is 2.85. The summed E-state index contributed by atoms with van der Waals surface area (Å²) in [5.41, 5.74) is 3.01. The average molecular weight is 349 g/mol. The minimum atomic E-state index is -0.0437. The number of ether oxygens (including phenoxy) is 1. The van der Waals surface area contributed by atoms with Crippen LogP contribution in [0, 0.1) is 0 Å². The van der Waals surface area contributed by atoms with Crippen LogP contribution in [0.2, 0.25) is 10.3 Å². The molecule has 1 fully saturated rings. The lowest BCUT2D eigenvalue weighted by Gasteiger charge is -2.23. The highest BCUT2D eigenvalue weighted by Crippen LogP contribution is 2.31. The lowest BCUT2D eigenvalue weighted by Crippen LogP contribution is -2.17. The zero-order valence-electron chi connectivity index (χ0n) is 12.2. The van der Waals surface area contributed by atoms with Gasteiger partial charge < -0.3 is 4.74 Å². The molecular weight excluding hydrogens is 335 g/mol. The number of hydrogen-bond acceptors (Lipinski definition) is 4. The zero-order chi connectivity index (χ0) is 15.8. The van der Waals surface area contributed by atoms with Gasteiger partial charge in [0.2, 0.25) is 5.28 Å². The van der Waals surface area contributed by atoms with Crippen LogP contribution in [0.15, 0.2) is 30.6 Å². The summed E-state index contributed by atoms with van der Waals surface area (Å²) >= 11 is 12.1. The Labute approximate surface area is 143 Å². The van der Waals surface area contributed by atoms with Crippen molar-refractivity contribution in [2.24, 2.45) is 0 Å². The second kappa shape index (κ2) is 6.07. The molecule has 7 heteroatoms. The van der Waals surface area contributed by atoms with Crippen LogP contribution >= 0.6 is 23.2 Å². The van der Waals surface area contributed by atoms with Crippen molar-refractivity contribution in [3.05, 3.63) is 40.9 Å². The van der Waals surface area contributed by atoms with E-state index in [4.69, 9.17) is 27.9 Å². The Morgan fingerprint density at radius 3 is 2.65 bits per heavy atom. The Kier molecular flexibility index (Phi) is 3.93. The molecule has 3 heterocycles.